The van der Waals surface area contributed by atoms with E-state index < -0.39 is 0 Å². The summed E-state index contributed by atoms with van der Waals surface area (Å²) < 4.78 is 36.1. The molecular weight excluding hydrogens is 929 g/mol. The lowest BCUT2D eigenvalue weighted by Gasteiger charge is -2.41. The molecule has 0 atom stereocenters. The Balaban J connectivity index is 0.988. The van der Waals surface area contributed by atoms with Gasteiger partial charge in [-0.3, -0.25) is 4.31 Å². The van der Waals surface area contributed by atoms with Crippen LogP contribution in [0.1, 0.15) is 79.0 Å². The quantitative estimate of drug-likeness (QED) is 0.130. The smallest absolute Gasteiger partial charge is 0.268 e. The Labute approximate surface area is 428 Å². The molecule has 6 aliphatic heterocycles. The average molecular weight is 979 g/mol. The van der Waals surface area contributed by atoms with Crippen molar-refractivity contribution < 1.29 is 18.9 Å². The van der Waals surface area contributed by atoms with Crippen molar-refractivity contribution >= 4 is 145 Å². The van der Waals surface area contributed by atoms with Gasteiger partial charge in [-0.1, -0.05) is 98.7 Å². The van der Waals surface area contributed by atoms with Crippen LogP contribution in [0.15, 0.2) is 109 Å². The number of hydrogen-bond acceptors (Lipinski definition) is 9. The number of nitrogens with one attached hydrogen (secondary N) is 1. The first-order chi connectivity index (χ1) is 34.0. The van der Waals surface area contributed by atoms with Gasteiger partial charge in [0.05, 0.1) is 11.4 Å². The summed E-state index contributed by atoms with van der Waals surface area (Å²) in [5, 5.41) is 6.29. The number of benzene rings is 7. The van der Waals surface area contributed by atoms with Crippen LogP contribution >= 0.6 is 34.6 Å². The van der Waals surface area contributed by atoms with Crippen molar-refractivity contribution in [3.63, 3.8) is 0 Å². The molecule has 1 N–H and O–H groups in total. The van der Waals surface area contributed by atoms with E-state index in [0.717, 1.165) is 90.2 Å². The van der Waals surface area contributed by atoms with E-state index in [1.165, 1.54) is 63.2 Å². The molecule has 0 unspecified atom stereocenters. The third-order valence-electron chi connectivity index (χ3n) is 15.8. The highest BCUT2D eigenvalue weighted by atomic mass is 32.2. The van der Waals surface area contributed by atoms with E-state index in [1.54, 1.807) is 11.9 Å². The molecule has 0 radical (unpaired) electrons. The normalized spacial score (nSPS) is 15.1. The van der Waals surface area contributed by atoms with Crippen LogP contribution in [-0.2, 0) is 16.2 Å². The summed E-state index contributed by atoms with van der Waals surface area (Å²) >= 11 is 5.45. The van der Waals surface area contributed by atoms with Crippen molar-refractivity contribution in [2.24, 2.45) is 0 Å². The Kier molecular flexibility index (Phi) is 8.41. The third-order valence-corrected chi connectivity index (χ3v) is 19.0. The Morgan fingerprint density at radius 1 is 0.451 bits per heavy atom. The van der Waals surface area contributed by atoms with Crippen LogP contribution in [0.5, 0.6) is 46.0 Å². The number of nitrogens with zero attached hydrogens (tertiary/aromatic N) is 1. The van der Waals surface area contributed by atoms with Crippen LogP contribution in [0.2, 0.25) is 0 Å². The van der Waals surface area contributed by atoms with Crippen LogP contribution in [-0.4, -0.2) is 26.4 Å². The topological polar surface area (TPSA) is 52.2 Å². The first-order valence-electron chi connectivity index (χ1n) is 24.8. The van der Waals surface area contributed by atoms with Gasteiger partial charge in [0, 0.05) is 65.0 Å². The zero-order valence-electron chi connectivity index (χ0n) is 41.4. The molecule has 0 saturated heterocycles. The molecule has 0 aliphatic carbocycles. The van der Waals surface area contributed by atoms with Crippen molar-refractivity contribution in [2.75, 3.05) is 15.9 Å². The second-order valence-corrected chi connectivity index (χ2v) is 26.2. The Morgan fingerprint density at radius 2 is 0.944 bits per heavy atom. The van der Waals surface area contributed by atoms with Crippen molar-refractivity contribution in [1.29, 1.82) is 0 Å². The van der Waals surface area contributed by atoms with Gasteiger partial charge >= 0.3 is 0 Å². The maximum atomic E-state index is 7.30. The first kappa shape index (κ1) is 42.5. The van der Waals surface area contributed by atoms with Gasteiger partial charge in [0.15, 0.2) is 0 Å². The van der Waals surface area contributed by atoms with E-state index in [2.05, 4.69) is 187 Å². The van der Waals surface area contributed by atoms with Crippen LogP contribution < -0.4 is 76.4 Å². The molecule has 0 spiro atoms. The van der Waals surface area contributed by atoms with Crippen molar-refractivity contribution in [3.8, 4) is 46.0 Å². The lowest BCUT2D eigenvalue weighted by Crippen LogP contribution is -2.63. The number of rotatable bonds is 1. The summed E-state index contributed by atoms with van der Waals surface area (Å²) in [6, 6.07) is 40.9. The van der Waals surface area contributed by atoms with Gasteiger partial charge < -0.3 is 24.3 Å². The molecule has 6 nitrogen and oxygen atoms in total. The molecule has 12 heteroatoms. The lowest BCUT2D eigenvalue weighted by molar-refractivity contribution is 0.458. The minimum Gasteiger partial charge on any atom is -0.458 e. The van der Waals surface area contributed by atoms with E-state index in [4.69, 9.17) is 18.9 Å². The van der Waals surface area contributed by atoms with Crippen LogP contribution in [0.25, 0.3) is 20.2 Å². The molecule has 2 aromatic heterocycles. The van der Waals surface area contributed by atoms with Crippen molar-refractivity contribution in [1.82, 2.24) is 0 Å². The number of thiophene rings is 2. The fourth-order valence-corrected chi connectivity index (χ4v) is 15.4. The molecule has 0 amide bonds. The molecule has 346 valence electrons. The number of anilines is 4. The average Bonchev–Trinajstić information content (AvgIpc) is 3.90. The van der Waals surface area contributed by atoms with Gasteiger partial charge in [0.1, 0.15) is 46.0 Å². The fourth-order valence-electron chi connectivity index (χ4n) is 12.2. The predicted molar refractivity (Wildman–Crippen MR) is 305 cm³/mol. The molecule has 71 heavy (non-hydrogen) atoms. The van der Waals surface area contributed by atoms with Gasteiger partial charge in [0.2, 0.25) is 0 Å². The Hall–Kier alpha value is -6.20. The molecule has 9 aromatic rings. The highest BCUT2D eigenvalue weighted by Gasteiger charge is 2.49. The summed E-state index contributed by atoms with van der Waals surface area (Å²) in [5.41, 5.74) is 16.1. The molecule has 15 rings (SSSR count). The molecule has 0 fully saturated rings. The van der Waals surface area contributed by atoms with Gasteiger partial charge in [-0.05, 0) is 138 Å². The Morgan fingerprint density at radius 3 is 1.52 bits per heavy atom. The third kappa shape index (κ3) is 5.87. The molecule has 0 saturated carbocycles. The second-order valence-electron chi connectivity index (χ2n) is 23.3. The Bertz CT molecular complexity index is 3910. The minimum atomic E-state index is -0.170. The second kappa shape index (κ2) is 14.1. The molecular formula is C59H49B3N2O4S3. The van der Waals surface area contributed by atoms with Crippen molar-refractivity contribution in [2.45, 2.75) is 78.6 Å². The van der Waals surface area contributed by atoms with Gasteiger partial charge in [-0.25, -0.2) is 0 Å². The zero-order valence-corrected chi connectivity index (χ0v) is 43.9. The summed E-state index contributed by atoms with van der Waals surface area (Å²) in [7, 11) is 0. The highest BCUT2D eigenvalue weighted by molar-refractivity contribution is 8.00. The van der Waals surface area contributed by atoms with Crippen LogP contribution in [0.4, 0.5) is 22.7 Å². The van der Waals surface area contributed by atoms with E-state index >= 15 is 0 Å². The number of fused-ring (bicyclic) bond motifs is 16. The summed E-state index contributed by atoms with van der Waals surface area (Å²) in [5.74, 6) is 7.26. The van der Waals surface area contributed by atoms with Crippen molar-refractivity contribution in [3.05, 3.63) is 126 Å². The summed E-state index contributed by atoms with van der Waals surface area (Å²) in [6.45, 7) is 20.2. The van der Waals surface area contributed by atoms with E-state index in [1.807, 2.05) is 22.7 Å². The molecule has 6 aliphatic rings. The summed E-state index contributed by atoms with van der Waals surface area (Å²) in [6.07, 6.45) is 2.18. The number of ether oxygens (including phenoxy) is 4. The maximum Gasteiger partial charge on any atom is 0.268 e. The van der Waals surface area contributed by atoms with E-state index in [-0.39, 0.29) is 36.4 Å². The van der Waals surface area contributed by atoms with Crippen LogP contribution in [0.3, 0.4) is 0 Å². The monoisotopic (exact) mass is 978 g/mol. The molecule has 0 bridgehead atoms. The van der Waals surface area contributed by atoms with Gasteiger partial charge in [-0.2, -0.15) is 0 Å². The fraction of sp³-hybridized carbons (Fsp3) is 0.220. The number of hydrogen-bond donors (Lipinski definition) is 1. The zero-order chi connectivity index (χ0) is 48.4. The largest absolute Gasteiger partial charge is 0.458 e. The lowest BCUT2D eigenvalue weighted by atomic mass is 9.31. The van der Waals surface area contributed by atoms with Crippen LogP contribution in [0, 0.1) is 0 Å². The minimum absolute atomic E-state index is 0.0413. The standard InChI is InChI=1S/C59H49B3N2O4S3/c1-57(2,3)29-19-39-50-44(21-29)67-53-32-15-11-13-17-48(32)70-55(53)61(50)34-25-36-42(27-38(34)63-39)65-46-23-31(59(7,8)9)24-47-52(46)60(36)37-26-35-40(28-43(37)66-47)64(69-10)41-20-30(58(4,5)6)22-45-51(41)62(35)56-54(68-45)33-16-12-14-18-49(33)71-56/h11-28,63H,1-10H3. The van der Waals surface area contributed by atoms with E-state index in [0.29, 0.717) is 0 Å². The highest BCUT2D eigenvalue weighted by Crippen LogP contribution is 2.48. The SMILES string of the molecule is CSN1c2cc3c(cc2B2c4sc5ccccc5c4Oc4cc(C(C)(C)C)cc1c42)B1c2cc4c(cc2Oc2cc(C(C)(C)C)cc(c21)O3)Nc1cc(C(C)(C)C)cc2c1B4c1sc3ccccc3c1O2. The molecule has 7 aromatic carbocycles. The van der Waals surface area contributed by atoms with Gasteiger partial charge in [0.25, 0.3) is 20.1 Å². The predicted octanol–water partition coefficient (Wildman–Crippen LogP) is 10.8. The molecule has 8 heterocycles. The van der Waals surface area contributed by atoms with E-state index in [9.17, 15) is 0 Å². The first-order valence-corrected chi connectivity index (χ1v) is 27.6. The summed E-state index contributed by atoms with van der Waals surface area (Å²) in [4.78, 5) is 0. The van der Waals surface area contributed by atoms with Gasteiger partial charge in [-0.15, -0.1) is 22.7 Å². The maximum absolute atomic E-state index is 7.30.